The van der Waals surface area contributed by atoms with Crippen LogP contribution in [0.15, 0.2) is 30.3 Å². The van der Waals surface area contributed by atoms with Crippen molar-refractivity contribution in [2.24, 2.45) is 0 Å². The first kappa shape index (κ1) is 13.1. The molecule has 0 amide bonds. The number of nitrogens with one attached hydrogen (secondary N) is 1. The molecule has 2 nitrogen and oxygen atoms in total. The lowest BCUT2D eigenvalue weighted by atomic mass is 10.2. The number of hydrogen-bond acceptors (Lipinski definition) is 2. The van der Waals surface area contributed by atoms with Gasteiger partial charge in [-0.2, -0.15) is 0 Å². The van der Waals surface area contributed by atoms with Gasteiger partial charge in [0.15, 0.2) is 0 Å². The third-order valence-electron chi connectivity index (χ3n) is 3.51. The molecule has 0 spiro atoms. The molecule has 2 rings (SSSR count). The van der Waals surface area contributed by atoms with Crippen molar-refractivity contribution in [2.45, 2.75) is 25.8 Å². The summed E-state index contributed by atoms with van der Waals surface area (Å²) in [6, 6.07) is 10.9. The Labute approximate surface area is 110 Å². The molecule has 96 valence electrons. The molecule has 0 aromatic heterocycles. The SMILES string of the molecule is CCN1CCCC1CNCC#Cc1ccccc1. The Hall–Kier alpha value is -1.30. The van der Waals surface area contributed by atoms with Crippen LogP contribution in [0.4, 0.5) is 0 Å². The van der Waals surface area contributed by atoms with E-state index in [4.69, 9.17) is 0 Å². The van der Waals surface area contributed by atoms with Crippen molar-refractivity contribution in [3.8, 4) is 11.8 Å². The van der Waals surface area contributed by atoms with Crippen molar-refractivity contribution in [3.63, 3.8) is 0 Å². The van der Waals surface area contributed by atoms with E-state index in [1.807, 2.05) is 30.3 Å². The van der Waals surface area contributed by atoms with Crippen molar-refractivity contribution in [2.75, 3.05) is 26.2 Å². The Morgan fingerprint density at radius 1 is 1.33 bits per heavy atom. The van der Waals surface area contributed by atoms with Gasteiger partial charge in [-0.25, -0.2) is 0 Å². The Kier molecular flexibility index (Phi) is 5.26. The van der Waals surface area contributed by atoms with Crippen LogP contribution in [0.3, 0.4) is 0 Å². The standard InChI is InChI=1S/C16H22N2/c1-2-18-13-7-11-16(18)14-17-12-6-10-15-8-4-3-5-9-15/h3-5,8-9,16-17H,2,7,11-14H2,1H3. The van der Waals surface area contributed by atoms with Gasteiger partial charge in [0.2, 0.25) is 0 Å². The van der Waals surface area contributed by atoms with Crippen LogP contribution in [-0.4, -0.2) is 37.1 Å². The monoisotopic (exact) mass is 242 g/mol. The summed E-state index contributed by atoms with van der Waals surface area (Å²) in [5.41, 5.74) is 1.09. The summed E-state index contributed by atoms with van der Waals surface area (Å²) < 4.78 is 0. The molecule has 1 unspecified atom stereocenters. The van der Waals surface area contributed by atoms with Gasteiger partial charge in [-0.3, -0.25) is 4.90 Å². The quantitative estimate of drug-likeness (QED) is 0.642. The van der Waals surface area contributed by atoms with E-state index in [1.165, 1.54) is 25.9 Å². The van der Waals surface area contributed by atoms with Crippen LogP contribution in [0.5, 0.6) is 0 Å². The van der Waals surface area contributed by atoms with E-state index < -0.39 is 0 Å². The molecule has 1 atom stereocenters. The van der Waals surface area contributed by atoms with E-state index in [9.17, 15) is 0 Å². The van der Waals surface area contributed by atoms with Crippen molar-refractivity contribution >= 4 is 0 Å². The molecular weight excluding hydrogens is 220 g/mol. The minimum atomic E-state index is 0.716. The van der Waals surface area contributed by atoms with Crippen LogP contribution in [-0.2, 0) is 0 Å². The molecule has 18 heavy (non-hydrogen) atoms. The molecule has 1 aromatic carbocycles. The van der Waals surface area contributed by atoms with E-state index >= 15 is 0 Å². The Morgan fingerprint density at radius 2 is 2.17 bits per heavy atom. The number of benzene rings is 1. The lowest BCUT2D eigenvalue weighted by Gasteiger charge is -2.22. The summed E-state index contributed by atoms with van der Waals surface area (Å²) in [5.74, 6) is 6.35. The zero-order valence-electron chi connectivity index (χ0n) is 11.2. The average molecular weight is 242 g/mol. The lowest BCUT2D eigenvalue weighted by Crippen LogP contribution is -2.37. The van der Waals surface area contributed by atoms with Crippen LogP contribution in [0.2, 0.25) is 0 Å². The highest BCUT2D eigenvalue weighted by molar-refractivity contribution is 5.33. The summed E-state index contributed by atoms with van der Waals surface area (Å²) in [5, 5.41) is 3.45. The Bertz CT molecular complexity index is 402. The van der Waals surface area contributed by atoms with Gasteiger partial charge in [0.25, 0.3) is 0 Å². The summed E-state index contributed by atoms with van der Waals surface area (Å²) >= 11 is 0. The maximum Gasteiger partial charge on any atom is 0.0580 e. The third-order valence-corrected chi connectivity index (χ3v) is 3.51. The zero-order valence-corrected chi connectivity index (χ0v) is 11.2. The Morgan fingerprint density at radius 3 is 2.94 bits per heavy atom. The summed E-state index contributed by atoms with van der Waals surface area (Å²) in [4.78, 5) is 2.55. The second-order valence-electron chi connectivity index (χ2n) is 4.72. The van der Waals surface area contributed by atoms with Gasteiger partial charge < -0.3 is 5.32 Å². The molecule has 1 saturated heterocycles. The van der Waals surface area contributed by atoms with Crippen molar-refractivity contribution in [1.82, 2.24) is 10.2 Å². The first-order valence-corrected chi connectivity index (χ1v) is 6.89. The van der Waals surface area contributed by atoms with Gasteiger partial charge in [-0.15, -0.1) is 0 Å². The highest BCUT2D eigenvalue weighted by Gasteiger charge is 2.21. The number of rotatable bonds is 4. The van der Waals surface area contributed by atoms with Gasteiger partial charge in [-0.1, -0.05) is 37.0 Å². The van der Waals surface area contributed by atoms with E-state index in [2.05, 4.69) is 29.0 Å². The smallest absolute Gasteiger partial charge is 0.0580 e. The van der Waals surface area contributed by atoms with Crippen LogP contribution in [0.1, 0.15) is 25.3 Å². The fourth-order valence-electron chi connectivity index (χ4n) is 2.51. The van der Waals surface area contributed by atoms with E-state index in [0.717, 1.165) is 18.7 Å². The van der Waals surface area contributed by atoms with Gasteiger partial charge in [0.1, 0.15) is 0 Å². The molecule has 0 radical (unpaired) electrons. The molecule has 1 heterocycles. The molecule has 1 N–H and O–H groups in total. The Balaban J connectivity index is 1.69. The van der Waals surface area contributed by atoms with E-state index in [1.54, 1.807) is 0 Å². The highest BCUT2D eigenvalue weighted by Crippen LogP contribution is 2.15. The summed E-state index contributed by atoms with van der Waals surface area (Å²) in [6.45, 7) is 6.52. The van der Waals surface area contributed by atoms with E-state index in [0.29, 0.717) is 6.04 Å². The van der Waals surface area contributed by atoms with Crippen LogP contribution >= 0.6 is 0 Å². The molecule has 0 bridgehead atoms. The maximum absolute atomic E-state index is 3.45. The summed E-state index contributed by atoms with van der Waals surface area (Å²) in [6.07, 6.45) is 2.67. The first-order valence-electron chi connectivity index (χ1n) is 6.89. The molecule has 1 aliphatic heterocycles. The van der Waals surface area contributed by atoms with Crippen molar-refractivity contribution in [3.05, 3.63) is 35.9 Å². The van der Waals surface area contributed by atoms with Crippen molar-refractivity contribution in [1.29, 1.82) is 0 Å². The van der Waals surface area contributed by atoms with Gasteiger partial charge in [0.05, 0.1) is 6.54 Å². The largest absolute Gasteiger partial charge is 0.305 e. The second kappa shape index (κ2) is 7.20. The van der Waals surface area contributed by atoms with Crippen LogP contribution < -0.4 is 5.32 Å². The molecule has 2 heteroatoms. The molecule has 1 aliphatic rings. The molecule has 1 fully saturated rings. The number of likely N-dealkylation sites (tertiary alicyclic amines) is 1. The lowest BCUT2D eigenvalue weighted by molar-refractivity contribution is 0.262. The predicted octanol–water partition coefficient (Wildman–Crippen LogP) is 2.11. The van der Waals surface area contributed by atoms with Crippen LogP contribution in [0.25, 0.3) is 0 Å². The second-order valence-corrected chi connectivity index (χ2v) is 4.72. The fraction of sp³-hybridized carbons (Fsp3) is 0.500. The third kappa shape index (κ3) is 3.87. The van der Waals surface area contributed by atoms with Gasteiger partial charge >= 0.3 is 0 Å². The maximum atomic E-state index is 3.45. The zero-order chi connectivity index (χ0) is 12.6. The molecule has 1 aromatic rings. The van der Waals surface area contributed by atoms with E-state index in [-0.39, 0.29) is 0 Å². The minimum Gasteiger partial charge on any atom is -0.305 e. The molecular formula is C16H22N2. The fourth-order valence-corrected chi connectivity index (χ4v) is 2.51. The minimum absolute atomic E-state index is 0.716. The van der Waals surface area contributed by atoms with Crippen molar-refractivity contribution < 1.29 is 0 Å². The molecule has 0 aliphatic carbocycles. The average Bonchev–Trinajstić information content (AvgIpc) is 2.87. The highest BCUT2D eigenvalue weighted by atomic mass is 15.2. The summed E-state index contributed by atoms with van der Waals surface area (Å²) in [7, 11) is 0. The normalized spacial score (nSPS) is 19.5. The first-order chi connectivity index (χ1) is 8.90. The predicted molar refractivity (Wildman–Crippen MR) is 76.5 cm³/mol. The number of likely N-dealkylation sites (N-methyl/N-ethyl adjacent to an activating group) is 1. The number of hydrogen-bond donors (Lipinski definition) is 1. The number of nitrogens with zero attached hydrogens (tertiary/aromatic N) is 1. The van der Waals surface area contributed by atoms with Gasteiger partial charge in [-0.05, 0) is 38.1 Å². The van der Waals surface area contributed by atoms with Crippen LogP contribution in [0, 0.1) is 11.8 Å². The molecule has 0 saturated carbocycles. The van der Waals surface area contributed by atoms with Gasteiger partial charge in [0, 0.05) is 18.2 Å². The topological polar surface area (TPSA) is 15.3 Å².